The van der Waals surface area contributed by atoms with Crippen LogP contribution in [0.25, 0.3) is 0 Å². The highest BCUT2D eigenvalue weighted by molar-refractivity contribution is 7.99. The quantitative estimate of drug-likeness (QED) is 0.661. The Morgan fingerprint density at radius 1 is 1.29 bits per heavy atom. The fourth-order valence-electron chi connectivity index (χ4n) is 2.14. The summed E-state index contributed by atoms with van der Waals surface area (Å²) in [4.78, 5) is 0. The van der Waals surface area contributed by atoms with E-state index < -0.39 is 0 Å². The van der Waals surface area contributed by atoms with Gasteiger partial charge in [-0.05, 0) is 49.2 Å². The van der Waals surface area contributed by atoms with Gasteiger partial charge in [0.2, 0.25) is 0 Å². The number of hydrogen-bond acceptors (Lipinski definition) is 2. The Labute approximate surface area is 91.3 Å². The van der Waals surface area contributed by atoms with Gasteiger partial charge in [0.15, 0.2) is 0 Å². The average Bonchev–Trinajstić information content (AvgIpc) is 2.72. The second-order valence-electron chi connectivity index (χ2n) is 4.40. The molecule has 14 heavy (non-hydrogen) atoms. The topological polar surface area (TPSA) is 9.23 Å². The highest BCUT2D eigenvalue weighted by atomic mass is 32.2. The van der Waals surface area contributed by atoms with Crippen LogP contribution in [0.1, 0.15) is 38.5 Å². The Bertz CT molecular complexity index is 186. The van der Waals surface area contributed by atoms with Crippen molar-refractivity contribution in [2.45, 2.75) is 38.5 Å². The summed E-state index contributed by atoms with van der Waals surface area (Å²) in [6, 6.07) is 0. The number of ether oxygens (including phenoxy) is 1. The van der Waals surface area contributed by atoms with Crippen LogP contribution >= 0.6 is 11.8 Å². The van der Waals surface area contributed by atoms with Crippen LogP contribution in [0.3, 0.4) is 0 Å². The van der Waals surface area contributed by atoms with Crippen molar-refractivity contribution in [3.05, 3.63) is 11.8 Å². The van der Waals surface area contributed by atoms with E-state index in [-0.39, 0.29) is 0 Å². The molecule has 0 amide bonds. The Morgan fingerprint density at radius 3 is 2.86 bits per heavy atom. The molecule has 1 aliphatic carbocycles. The van der Waals surface area contributed by atoms with Gasteiger partial charge < -0.3 is 4.74 Å². The lowest BCUT2D eigenvalue weighted by atomic mass is 9.96. The maximum atomic E-state index is 5.68. The predicted octanol–water partition coefficient (Wildman–Crippen LogP) is 3.60. The zero-order chi connectivity index (χ0) is 9.64. The van der Waals surface area contributed by atoms with Crippen LogP contribution in [0, 0.1) is 5.92 Å². The third-order valence-electron chi connectivity index (χ3n) is 3.10. The minimum Gasteiger partial charge on any atom is -0.501 e. The first-order valence-corrected chi connectivity index (χ1v) is 6.98. The number of allylic oxidation sites excluding steroid dienone is 1. The lowest BCUT2D eigenvalue weighted by Gasteiger charge is -2.14. The van der Waals surface area contributed by atoms with Gasteiger partial charge in [-0.2, -0.15) is 11.8 Å². The summed E-state index contributed by atoms with van der Waals surface area (Å²) in [7, 11) is 0. The minimum atomic E-state index is 0.820. The van der Waals surface area contributed by atoms with Crippen molar-refractivity contribution in [2.75, 3.05) is 18.1 Å². The highest BCUT2D eigenvalue weighted by Gasteiger charge is 2.15. The molecule has 0 N–H and O–H groups in total. The van der Waals surface area contributed by atoms with E-state index in [1.807, 2.05) is 0 Å². The molecule has 1 heterocycles. The Morgan fingerprint density at radius 2 is 2.14 bits per heavy atom. The van der Waals surface area contributed by atoms with Crippen molar-refractivity contribution >= 4 is 11.8 Å². The Balaban J connectivity index is 1.64. The normalized spacial score (nSPS) is 27.7. The van der Waals surface area contributed by atoms with Crippen LogP contribution in [-0.2, 0) is 4.74 Å². The first-order valence-electron chi connectivity index (χ1n) is 5.82. The van der Waals surface area contributed by atoms with Gasteiger partial charge in [-0.15, -0.1) is 0 Å². The molecule has 1 saturated heterocycles. The zero-order valence-electron chi connectivity index (χ0n) is 8.84. The van der Waals surface area contributed by atoms with E-state index in [4.69, 9.17) is 4.74 Å². The van der Waals surface area contributed by atoms with E-state index in [0.29, 0.717) is 0 Å². The molecular weight excluding hydrogens is 192 g/mol. The first-order chi connectivity index (χ1) is 6.95. The summed E-state index contributed by atoms with van der Waals surface area (Å²) in [6.07, 6.45) is 10.1. The standard InChI is InChI=1S/C12H20OS/c1-2-4-11(5-3-1)8-13-9-12-6-7-14-10-12/h8,12H,1-7,9-10H2. The summed E-state index contributed by atoms with van der Waals surface area (Å²) in [5.74, 6) is 3.47. The molecule has 1 saturated carbocycles. The van der Waals surface area contributed by atoms with E-state index in [9.17, 15) is 0 Å². The number of rotatable bonds is 3. The van der Waals surface area contributed by atoms with Crippen LogP contribution in [0.2, 0.25) is 0 Å². The third kappa shape index (κ3) is 3.23. The van der Waals surface area contributed by atoms with Crippen molar-refractivity contribution in [3.63, 3.8) is 0 Å². The fraction of sp³-hybridized carbons (Fsp3) is 0.833. The van der Waals surface area contributed by atoms with Crippen molar-refractivity contribution in [1.29, 1.82) is 0 Å². The summed E-state index contributed by atoms with van der Waals surface area (Å²) < 4.78 is 5.68. The monoisotopic (exact) mass is 212 g/mol. The third-order valence-corrected chi connectivity index (χ3v) is 4.33. The van der Waals surface area contributed by atoms with E-state index in [0.717, 1.165) is 12.5 Å². The minimum absolute atomic E-state index is 0.820. The van der Waals surface area contributed by atoms with E-state index >= 15 is 0 Å². The molecule has 2 heteroatoms. The Hall–Kier alpha value is -0.110. The van der Waals surface area contributed by atoms with Crippen LogP contribution in [0.5, 0.6) is 0 Å². The molecule has 0 aromatic carbocycles. The largest absolute Gasteiger partial charge is 0.501 e. The molecular formula is C12H20OS. The lowest BCUT2D eigenvalue weighted by Crippen LogP contribution is -2.06. The molecule has 0 aromatic rings. The molecule has 1 aliphatic heterocycles. The SMILES string of the molecule is C(OCC1CCSC1)=C1CCCCC1. The highest BCUT2D eigenvalue weighted by Crippen LogP contribution is 2.25. The van der Waals surface area contributed by atoms with E-state index in [2.05, 4.69) is 18.0 Å². The van der Waals surface area contributed by atoms with Crippen molar-refractivity contribution < 1.29 is 4.74 Å². The molecule has 0 bridgehead atoms. The molecule has 1 atom stereocenters. The molecule has 2 fully saturated rings. The summed E-state index contributed by atoms with van der Waals surface area (Å²) in [5, 5.41) is 0. The summed E-state index contributed by atoms with van der Waals surface area (Å²) in [6.45, 7) is 0.955. The fourth-order valence-corrected chi connectivity index (χ4v) is 3.40. The van der Waals surface area contributed by atoms with Crippen molar-refractivity contribution in [2.24, 2.45) is 5.92 Å². The van der Waals surface area contributed by atoms with Gasteiger partial charge in [-0.25, -0.2) is 0 Å². The van der Waals surface area contributed by atoms with Crippen LogP contribution in [-0.4, -0.2) is 18.1 Å². The molecule has 1 unspecified atom stereocenters. The van der Waals surface area contributed by atoms with Crippen LogP contribution in [0.15, 0.2) is 11.8 Å². The van der Waals surface area contributed by atoms with Gasteiger partial charge in [0.1, 0.15) is 0 Å². The maximum Gasteiger partial charge on any atom is 0.0909 e. The molecule has 2 rings (SSSR count). The first kappa shape index (κ1) is 10.4. The molecule has 1 nitrogen and oxygen atoms in total. The van der Waals surface area contributed by atoms with Gasteiger partial charge in [0.05, 0.1) is 12.9 Å². The molecule has 2 aliphatic rings. The average molecular weight is 212 g/mol. The zero-order valence-corrected chi connectivity index (χ0v) is 9.65. The number of thioether (sulfide) groups is 1. The second kappa shape index (κ2) is 5.69. The summed E-state index contributed by atoms with van der Waals surface area (Å²) >= 11 is 2.07. The van der Waals surface area contributed by atoms with Crippen LogP contribution in [0.4, 0.5) is 0 Å². The van der Waals surface area contributed by atoms with Gasteiger partial charge >= 0.3 is 0 Å². The van der Waals surface area contributed by atoms with Crippen molar-refractivity contribution in [3.8, 4) is 0 Å². The molecule has 0 aromatic heterocycles. The second-order valence-corrected chi connectivity index (χ2v) is 5.55. The van der Waals surface area contributed by atoms with Gasteiger partial charge in [-0.3, -0.25) is 0 Å². The smallest absolute Gasteiger partial charge is 0.0909 e. The van der Waals surface area contributed by atoms with Crippen LogP contribution < -0.4 is 0 Å². The molecule has 0 spiro atoms. The molecule has 0 radical (unpaired) electrons. The van der Waals surface area contributed by atoms with Gasteiger partial charge in [-0.1, -0.05) is 6.42 Å². The van der Waals surface area contributed by atoms with Gasteiger partial charge in [0, 0.05) is 5.92 Å². The molecule has 80 valence electrons. The Kier molecular flexibility index (Phi) is 4.23. The van der Waals surface area contributed by atoms with E-state index in [1.54, 1.807) is 5.57 Å². The van der Waals surface area contributed by atoms with Gasteiger partial charge in [0.25, 0.3) is 0 Å². The number of hydrogen-bond donors (Lipinski definition) is 0. The van der Waals surface area contributed by atoms with E-state index in [1.165, 1.54) is 50.0 Å². The lowest BCUT2D eigenvalue weighted by molar-refractivity contribution is 0.201. The predicted molar refractivity (Wildman–Crippen MR) is 62.6 cm³/mol. The summed E-state index contributed by atoms with van der Waals surface area (Å²) in [5.41, 5.74) is 1.54. The maximum absolute atomic E-state index is 5.68. The van der Waals surface area contributed by atoms with Crippen molar-refractivity contribution in [1.82, 2.24) is 0 Å².